The molecule has 2 heterocycles. The van der Waals surface area contributed by atoms with Gasteiger partial charge >= 0.3 is 6.03 Å². The van der Waals surface area contributed by atoms with Crippen LogP contribution in [0.25, 0.3) is 0 Å². The third-order valence-electron chi connectivity index (χ3n) is 6.31. The van der Waals surface area contributed by atoms with E-state index in [0.29, 0.717) is 24.9 Å². The van der Waals surface area contributed by atoms with Crippen molar-refractivity contribution in [3.8, 4) is 0 Å². The van der Waals surface area contributed by atoms with Gasteiger partial charge in [0, 0.05) is 23.5 Å². The molecule has 1 saturated heterocycles. The molecule has 6 heteroatoms. The average Bonchev–Trinajstić information content (AvgIpc) is 3.12. The second-order valence-corrected chi connectivity index (χ2v) is 8.24. The van der Waals surface area contributed by atoms with Gasteiger partial charge in [0.25, 0.3) is 5.91 Å². The highest BCUT2D eigenvalue weighted by molar-refractivity contribution is 6.11. The first-order valence-electron chi connectivity index (χ1n) is 10.3. The smallest absolute Gasteiger partial charge is 0.325 e. The first-order chi connectivity index (χ1) is 13.9. The van der Waals surface area contributed by atoms with E-state index < -0.39 is 11.6 Å². The molecule has 1 N–H and O–H groups in total. The van der Waals surface area contributed by atoms with E-state index in [0.717, 1.165) is 41.1 Å². The van der Waals surface area contributed by atoms with Crippen LogP contribution in [0.15, 0.2) is 36.4 Å². The number of amides is 3. The van der Waals surface area contributed by atoms with Gasteiger partial charge in [0.1, 0.15) is 5.54 Å². The lowest BCUT2D eigenvalue weighted by molar-refractivity contribution is -0.132. The van der Waals surface area contributed by atoms with Gasteiger partial charge in [0.05, 0.1) is 6.54 Å². The molecular formula is C23H27N3O3. The highest BCUT2D eigenvalue weighted by atomic mass is 16.2. The van der Waals surface area contributed by atoms with Gasteiger partial charge in [-0.3, -0.25) is 14.5 Å². The van der Waals surface area contributed by atoms with Crippen LogP contribution in [0.2, 0.25) is 0 Å². The molecular weight excluding hydrogens is 366 g/mol. The Hall–Kier alpha value is -2.89. The van der Waals surface area contributed by atoms with E-state index in [4.69, 9.17) is 0 Å². The Kier molecular flexibility index (Phi) is 5.03. The maximum absolute atomic E-state index is 13.0. The van der Waals surface area contributed by atoms with Crippen LogP contribution in [0, 0.1) is 13.8 Å². The van der Waals surface area contributed by atoms with Crippen LogP contribution in [-0.2, 0) is 11.3 Å². The van der Waals surface area contributed by atoms with Gasteiger partial charge in [-0.15, -0.1) is 0 Å². The number of hydrogen-bond acceptors (Lipinski definition) is 3. The summed E-state index contributed by atoms with van der Waals surface area (Å²) in [5.41, 5.74) is 2.77. The normalized spacial score (nSPS) is 18.3. The average molecular weight is 393 g/mol. The van der Waals surface area contributed by atoms with Crippen molar-refractivity contribution < 1.29 is 14.4 Å². The van der Waals surface area contributed by atoms with E-state index in [1.165, 1.54) is 0 Å². The van der Waals surface area contributed by atoms with Crippen molar-refractivity contribution >= 4 is 17.7 Å². The summed E-state index contributed by atoms with van der Waals surface area (Å²) in [6.45, 7) is 4.36. The second-order valence-electron chi connectivity index (χ2n) is 8.24. The minimum Gasteiger partial charge on any atom is -0.344 e. The lowest BCUT2D eigenvalue weighted by Crippen LogP contribution is -2.48. The second kappa shape index (κ2) is 7.50. The summed E-state index contributed by atoms with van der Waals surface area (Å²) in [5, 5.41) is 2.87. The zero-order chi connectivity index (χ0) is 20.6. The Morgan fingerprint density at radius 3 is 2.45 bits per heavy atom. The summed E-state index contributed by atoms with van der Waals surface area (Å²) < 4.78 is 2.09. The molecule has 0 atom stereocenters. The number of hydrogen-bond donors (Lipinski definition) is 1. The maximum Gasteiger partial charge on any atom is 0.325 e. The highest BCUT2D eigenvalue weighted by Crippen LogP contribution is 2.33. The molecule has 0 unspecified atom stereocenters. The number of ketones is 1. The predicted octanol–water partition coefficient (Wildman–Crippen LogP) is 3.59. The zero-order valence-electron chi connectivity index (χ0n) is 17.0. The summed E-state index contributed by atoms with van der Waals surface area (Å²) in [5.74, 6) is -0.442. The molecule has 1 aliphatic heterocycles. The Balaban J connectivity index is 1.52. The van der Waals surface area contributed by atoms with Crippen LogP contribution in [-0.4, -0.2) is 39.3 Å². The van der Waals surface area contributed by atoms with Crippen molar-refractivity contribution in [2.24, 2.45) is 0 Å². The molecule has 3 amide bonds. The predicted molar refractivity (Wildman–Crippen MR) is 110 cm³/mol. The lowest BCUT2D eigenvalue weighted by Gasteiger charge is -2.30. The van der Waals surface area contributed by atoms with E-state index in [9.17, 15) is 14.4 Å². The molecule has 6 nitrogen and oxygen atoms in total. The van der Waals surface area contributed by atoms with Crippen molar-refractivity contribution in [2.75, 3.05) is 6.54 Å². The third kappa shape index (κ3) is 3.48. The molecule has 1 spiro atoms. The van der Waals surface area contributed by atoms with Crippen molar-refractivity contribution in [3.63, 3.8) is 0 Å². The number of carbonyl (C=O) groups excluding carboxylic acids is 3. The van der Waals surface area contributed by atoms with Gasteiger partial charge in [-0.05, 0) is 38.3 Å². The molecule has 2 aliphatic rings. The standard InChI is InChI=1S/C23H27N3O3/c1-16-13-19(17(2)25(16)14-18-9-5-3-6-10-18)20(27)15-26-21(28)23(24-22(26)29)11-7-4-8-12-23/h3,5-6,9-10,13H,4,7-8,11-12,14-15H2,1-2H3,(H,24,29). The van der Waals surface area contributed by atoms with Gasteiger partial charge in [-0.25, -0.2) is 4.79 Å². The minimum absolute atomic E-state index is 0.200. The van der Waals surface area contributed by atoms with Gasteiger partial charge < -0.3 is 9.88 Å². The van der Waals surface area contributed by atoms with Gasteiger partial charge in [-0.1, -0.05) is 49.6 Å². The zero-order valence-corrected chi connectivity index (χ0v) is 17.0. The monoisotopic (exact) mass is 393 g/mol. The fourth-order valence-electron chi connectivity index (χ4n) is 4.64. The van der Waals surface area contributed by atoms with E-state index in [1.807, 2.05) is 38.1 Å². The Bertz CT molecular complexity index is 955. The van der Waals surface area contributed by atoms with Crippen LogP contribution < -0.4 is 5.32 Å². The SMILES string of the molecule is Cc1cc(C(=O)CN2C(=O)NC3(CCCCC3)C2=O)c(C)n1Cc1ccccc1. The number of nitrogens with one attached hydrogen (secondary N) is 1. The van der Waals surface area contributed by atoms with E-state index in [2.05, 4.69) is 22.0 Å². The van der Waals surface area contributed by atoms with Crippen molar-refractivity contribution in [3.05, 3.63) is 58.9 Å². The van der Waals surface area contributed by atoms with E-state index in [1.54, 1.807) is 0 Å². The molecule has 4 rings (SSSR count). The summed E-state index contributed by atoms with van der Waals surface area (Å²) in [7, 11) is 0. The number of carbonyl (C=O) groups is 3. The summed E-state index contributed by atoms with van der Waals surface area (Å²) in [6, 6.07) is 11.5. The van der Waals surface area contributed by atoms with Gasteiger partial charge in [0.15, 0.2) is 5.78 Å². The molecule has 1 aliphatic carbocycles. The molecule has 29 heavy (non-hydrogen) atoms. The maximum atomic E-state index is 13.0. The van der Waals surface area contributed by atoms with Crippen LogP contribution in [0.5, 0.6) is 0 Å². The third-order valence-corrected chi connectivity index (χ3v) is 6.31. The summed E-state index contributed by atoms with van der Waals surface area (Å²) in [6.07, 6.45) is 4.25. The number of benzene rings is 1. The van der Waals surface area contributed by atoms with Crippen LogP contribution >= 0.6 is 0 Å². The topological polar surface area (TPSA) is 71.4 Å². The quantitative estimate of drug-likeness (QED) is 0.623. The van der Waals surface area contributed by atoms with Crippen molar-refractivity contribution in [1.29, 1.82) is 0 Å². The highest BCUT2D eigenvalue weighted by Gasteiger charge is 2.51. The Labute approximate surface area is 170 Å². The summed E-state index contributed by atoms with van der Waals surface area (Å²) in [4.78, 5) is 39.5. The van der Waals surface area contributed by atoms with Crippen LogP contribution in [0.4, 0.5) is 4.79 Å². The molecule has 2 fully saturated rings. The van der Waals surface area contributed by atoms with Gasteiger partial charge in [0.2, 0.25) is 0 Å². The number of imide groups is 1. The van der Waals surface area contributed by atoms with E-state index >= 15 is 0 Å². The van der Waals surface area contributed by atoms with Crippen LogP contribution in [0.3, 0.4) is 0 Å². The number of nitrogens with zero attached hydrogens (tertiary/aromatic N) is 2. The van der Waals surface area contributed by atoms with Crippen LogP contribution in [0.1, 0.15) is 59.4 Å². The first kappa shape index (κ1) is 19.4. The van der Waals surface area contributed by atoms with Gasteiger partial charge in [-0.2, -0.15) is 0 Å². The molecule has 152 valence electrons. The van der Waals surface area contributed by atoms with Crippen molar-refractivity contribution in [1.82, 2.24) is 14.8 Å². The minimum atomic E-state index is -0.792. The lowest BCUT2D eigenvalue weighted by atomic mass is 9.82. The Morgan fingerprint density at radius 1 is 1.07 bits per heavy atom. The number of aryl methyl sites for hydroxylation is 1. The molecule has 0 radical (unpaired) electrons. The molecule has 1 aromatic carbocycles. The Morgan fingerprint density at radius 2 is 1.76 bits per heavy atom. The summed E-state index contributed by atoms with van der Waals surface area (Å²) >= 11 is 0. The number of Topliss-reactive ketones (excluding diaryl/α,β-unsaturated/α-hetero) is 1. The number of rotatable bonds is 5. The fourth-order valence-corrected chi connectivity index (χ4v) is 4.64. The van der Waals surface area contributed by atoms with Crippen molar-refractivity contribution in [2.45, 2.75) is 58.0 Å². The fraction of sp³-hybridized carbons (Fsp3) is 0.435. The molecule has 1 saturated carbocycles. The van der Waals surface area contributed by atoms with E-state index in [-0.39, 0.29) is 18.2 Å². The number of aromatic nitrogens is 1. The molecule has 0 bridgehead atoms. The first-order valence-corrected chi connectivity index (χ1v) is 10.3. The molecule has 2 aromatic rings. The molecule has 1 aromatic heterocycles. The number of urea groups is 1. The largest absolute Gasteiger partial charge is 0.344 e.